The van der Waals surface area contributed by atoms with E-state index in [1.165, 1.54) is 12.8 Å². The highest BCUT2D eigenvalue weighted by Crippen LogP contribution is 2.23. The lowest BCUT2D eigenvalue weighted by Gasteiger charge is -2.07. The molecule has 0 aromatic carbocycles. The molecule has 1 aromatic heterocycles. The summed E-state index contributed by atoms with van der Waals surface area (Å²) in [5.41, 5.74) is 0. The van der Waals surface area contributed by atoms with Crippen molar-refractivity contribution < 1.29 is 0 Å². The first kappa shape index (κ1) is 10.5. The average Bonchev–Trinajstić information content (AvgIpc) is 3.10. The van der Waals surface area contributed by atoms with Crippen molar-refractivity contribution in [3.63, 3.8) is 0 Å². The van der Waals surface area contributed by atoms with Crippen LogP contribution >= 0.6 is 0 Å². The van der Waals surface area contributed by atoms with Crippen molar-refractivity contribution in [3.8, 4) is 12.3 Å². The first-order chi connectivity index (χ1) is 7.81. The number of hydrogen-bond acceptors (Lipinski definition) is 6. The average molecular weight is 218 g/mol. The van der Waals surface area contributed by atoms with Gasteiger partial charge >= 0.3 is 0 Å². The summed E-state index contributed by atoms with van der Waals surface area (Å²) in [5.74, 6) is 4.07. The predicted molar refractivity (Wildman–Crippen MR) is 63.3 cm³/mol. The van der Waals surface area contributed by atoms with Gasteiger partial charge in [0.25, 0.3) is 0 Å². The second kappa shape index (κ2) is 4.66. The maximum absolute atomic E-state index is 5.16. The van der Waals surface area contributed by atoms with Crippen molar-refractivity contribution in [1.82, 2.24) is 15.0 Å². The highest BCUT2D eigenvalue weighted by Gasteiger charge is 2.22. The molecule has 6 heteroatoms. The van der Waals surface area contributed by atoms with E-state index in [0.717, 1.165) is 0 Å². The van der Waals surface area contributed by atoms with E-state index in [0.29, 0.717) is 30.4 Å². The molecule has 1 aliphatic carbocycles. The summed E-state index contributed by atoms with van der Waals surface area (Å²) in [6.07, 6.45) is 7.51. The van der Waals surface area contributed by atoms with Gasteiger partial charge < -0.3 is 16.0 Å². The van der Waals surface area contributed by atoms with Crippen LogP contribution in [0.15, 0.2) is 0 Å². The lowest BCUT2D eigenvalue weighted by Crippen LogP contribution is -2.12. The van der Waals surface area contributed by atoms with Crippen LogP contribution in [0.2, 0.25) is 0 Å². The molecule has 1 aliphatic rings. The van der Waals surface area contributed by atoms with Crippen LogP contribution in [0.25, 0.3) is 0 Å². The Morgan fingerprint density at radius 3 is 2.56 bits per heavy atom. The Morgan fingerprint density at radius 1 is 1.25 bits per heavy atom. The van der Waals surface area contributed by atoms with E-state index < -0.39 is 0 Å². The van der Waals surface area contributed by atoms with Gasteiger partial charge in [0.15, 0.2) is 0 Å². The Morgan fingerprint density at radius 2 is 1.94 bits per heavy atom. The summed E-state index contributed by atoms with van der Waals surface area (Å²) in [4.78, 5) is 12.6. The minimum Gasteiger partial charge on any atom is -0.357 e. The number of rotatable bonds is 5. The molecule has 1 fully saturated rings. The molecule has 1 saturated carbocycles. The van der Waals surface area contributed by atoms with E-state index in [1.807, 2.05) is 0 Å². The molecule has 6 nitrogen and oxygen atoms in total. The molecule has 84 valence electrons. The molecule has 0 unspecified atom stereocenters. The van der Waals surface area contributed by atoms with Crippen LogP contribution in [-0.4, -0.2) is 34.6 Å². The Kier molecular flexibility index (Phi) is 3.05. The summed E-state index contributed by atoms with van der Waals surface area (Å²) in [6.45, 7) is 0.399. The summed E-state index contributed by atoms with van der Waals surface area (Å²) in [6, 6.07) is 0.507. The van der Waals surface area contributed by atoms with Crippen LogP contribution in [0.1, 0.15) is 12.8 Å². The molecule has 1 aromatic rings. The summed E-state index contributed by atoms with van der Waals surface area (Å²) in [7, 11) is 1.77. The number of anilines is 3. The standard InChI is InChI=1S/C10H14N6/c1-3-6-12-9-14-8(11-2)15-10(16-9)13-7-4-5-7/h1,7H,4-6H2,2H3,(H3,11,12,13,14,15,16). The zero-order valence-corrected chi connectivity index (χ0v) is 9.12. The minimum atomic E-state index is 0.399. The molecular formula is C10H14N6. The second-order valence-corrected chi connectivity index (χ2v) is 3.53. The summed E-state index contributed by atoms with van der Waals surface area (Å²) in [5, 5.41) is 9.02. The van der Waals surface area contributed by atoms with Gasteiger partial charge in [-0.05, 0) is 12.8 Å². The highest BCUT2D eigenvalue weighted by atomic mass is 15.3. The summed E-state index contributed by atoms with van der Waals surface area (Å²) < 4.78 is 0. The normalized spacial score (nSPS) is 14.0. The molecule has 0 amide bonds. The first-order valence-corrected chi connectivity index (χ1v) is 5.19. The first-order valence-electron chi connectivity index (χ1n) is 5.19. The maximum atomic E-state index is 5.16. The van der Waals surface area contributed by atoms with Crippen LogP contribution in [0.4, 0.5) is 17.8 Å². The number of aromatic nitrogens is 3. The molecule has 0 bridgehead atoms. The van der Waals surface area contributed by atoms with Gasteiger partial charge in [-0.25, -0.2) is 0 Å². The fraction of sp³-hybridized carbons (Fsp3) is 0.500. The van der Waals surface area contributed by atoms with Crippen molar-refractivity contribution in [1.29, 1.82) is 0 Å². The fourth-order valence-electron chi connectivity index (χ4n) is 1.17. The third-order valence-corrected chi connectivity index (χ3v) is 2.12. The van der Waals surface area contributed by atoms with Gasteiger partial charge in [0.2, 0.25) is 17.8 Å². The maximum Gasteiger partial charge on any atom is 0.230 e. The molecule has 16 heavy (non-hydrogen) atoms. The number of nitrogens with one attached hydrogen (secondary N) is 3. The minimum absolute atomic E-state index is 0.399. The Hall–Kier alpha value is -2.03. The zero-order valence-electron chi connectivity index (χ0n) is 9.12. The third-order valence-electron chi connectivity index (χ3n) is 2.12. The van der Waals surface area contributed by atoms with Gasteiger partial charge in [-0.3, -0.25) is 0 Å². The van der Waals surface area contributed by atoms with E-state index in [2.05, 4.69) is 36.8 Å². The second-order valence-electron chi connectivity index (χ2n) is 3.53. The Labute approximate surface area is 94.3 Å². The molecule has 0 saturated heterocycles. The molecule has 0 spiro atoms. The fourth-order valence-corrected chi connectivity index (χ4v) is 1.17. The SMILES string of the molecule is C#CCNc1nc(NC)nc(NC2CC2)n1. The van der Waals surface area contributed by atoms with Crippen molar-refractivity contribution >= 4 is 17.8 Å². The zero-order chi connectivity index (χ0) is 11.4. The van der Waals surface area contributed by atoms with Crippen LogP contribution in [0.5, 0.6) is 0 Å². The number of terminal acetylenes is 1. The van der Waals surface area contributed by atoms with Crippen LogP contribution in [-0.2, 0) is 0 Å². The Bertz CT molecular complexity index is 406. The molecule has 3 N–H and O–H groups in total. The van der Waals surface area contributed by atoms with Crippen molar-refractivity contribution in [2.75, 3.05) is 29.5 Å². The van der Waals surface area contributed by atoms with Gasteiger partial charge in [-0.15, -0.1) is 6.42 Å². The molecule has 0 aliphatic heterocycles. The lowest BCUT2D eigenvalue weighted by molar-refractivity contribution is 0.997. The lowest BCUT2D eigenvalue weighted by atomic mass is 10.6. The topological polar surface area (TPSA) is 74.8 Å². The molecule has 0 radical (unpaired) electrons. The quantitative estimate of drug-likeness (QED) is 0.626. The summed E-state index contributed by atoms with van der Waals surface area (Å²) >= 11 is 0. The van der Waals surface area contributed by atoms with Crippen molar-refractivity contribution in [2.24, 2.45) is 0 Å². The van der Waals surface area contributed by atoms with Crippen molar-refractivity contribution in [3.05, 3.63) is 0 Å². The third kappa shape index (κ3) is 2.73. The van der Waals surface area contributed by atoms with Crippen molar-refractivity contribution in [2.45, 2.75) is 18.9 Å². The van der Waals surface area contributed by atoms with E-state index in [9.17, 15) is 0 Å². The van der Waals surface area contributed by atoms with E-state index >= 15 is 0 Å². The van der Waals surface area contributed by atoms with E-state index in [1.54, 1.807) is 7.05 Å². The monoisotopic (exact) mass is 218 g/mol. The van der Waals surface area contributed by atoms with E-state index in [4.69, 9.17) is 6.42 Å². The largest absolute Gasteiger partial charge is 0.357 e. The van der Waals surface area contributed by atoms with Crippen LogP contribution in [0, 0.1) is 12.3 Å². The van der Waals surface area contributed by atoms with Crippen LogP contribution in [0.3, 0.4) is 0 Å². The number of hydrogen-bond donors (Lipinski definition) is 3. The van der Waals surface area contributed by atoms with Crippen LogP contribution < -0.4 is 16.0 Å². The van der Waals surface area contributed by atoms with Gasteiger partial charge in [0.1, 0.15) is 0 Å². The predicted octanol–water partition coefficient (Wildman–Crippen LogP) is 0.533. The van der Waals surface area contributed by atoms with Gasteiger partial charge in [0.05, 0.1) is 6.54 Å². The molecular weight excluding hydrogens is 204 g/mol. The highest BCUT2D eigenvalue weighted by molar-refractivity contribution is 5.43. The molecule has 1 heterocycles. The van der Waals surface area contributed by atoms with Gasteiger partial charge in [-0.1, -0.05) is 5.92 Å². The van der Waals surface area contributed by atoms with E-state index in [-0.39, 0.29) is 0 Å². The van der Waals surface area contributed by atoms with Gasteiger partial charge in [0, 0.05) is 13.1 Å². The molecule has 0 atom stereocenters. The Balaban J connectivity index is 2.12. The van der Waals surface area contributed by atoms with Gasteiger partial charge in [-0.2, -0.15) is 15.0 Å². The molecule has 2 rings (SSSR count). The smallest absolute Gasteiger partial charge is 0.230 e. The number of nitrogens with zero attached hydrogens (tertiary/aromatic N) is 3.